The number of carbonyl (C=O) groups excluding carboxylic acids is 1. The molecule has 3 aromatic rings. The van der Waals surface area contributed by atoms with Crippen LogP contribution in [0.4, 0.5) is 0 Å². The minimum Gasteiger partial charge on any atom is -0.506 e. The number of phenolic OH excluding ortho intramolecular Hbond substituents is 1. The Kier molecular flexibility index (Phi) is 6.28. The van der Waals surface area contributed by atoms with Crippen LogP contribution in [0.25, 0.3) is 10.8 Å². The molecule has 0 fully saturated rings. The van der Waals surface area contributed by atoms with E-state index < -0.39 is 21.3 Å². The molecule has 0 spiro atoms. The topological polar surface area (TPSA) is 105 Å². The highest BCUT2D eigenvalue weighted by Gasteiger charge is 2.19. The Morgan fingerprint density at radius 1 is 1.13 bits per heavy atom. The third kappa shape index (κ3) is 4.72. The zero-order valence-electron chi connectivity index (χ0n) is 16.2. The Balaban J connectivity index is 1.85. The summed E-state index contributed by atoms with van der Waals surface area (Å²) in [5.74, 6) is -0.398. The number of hydrogen-bond donors (Lipinski definition) is 2. The lowest BCUT2D eigenvalue weighted by Gasteiger charge is -2.12. The molecule has 0 aliphatic carbocycles. The van der Waals surface area contributed by atoms with E-state index in [-0.39, 0.29) is 22.1 Å². The van der Waals surface area contributed by atoms with E-state index in [1.54, 1.807) is 50.2 Å². The van der Waals surface area contributed by atoms with Gasteiger partial charge in [-0.25, -0.2) is 5.43 Å². The highest BCUT2D eigenvalue weighted by molar-refractivity contribution is 7.87. The van der Waals surface area contributed by atoms with Crippen molar-refractivity contribution in [1.82, 2.24) is 5.43 Å². The van der Waals surface area contributed by atoms with Gasteiger partial charge in [0, 0.05) is 16.5 Å². The van der Waals surface area contributed by atoms with Crippen LogP contribution in [0.2, 0.25) is 5.02 Å². The van der Waals surface area contributed by atoms with Gasteiger partial charge in [-0.2, -0.15) is 13.5 Å². The van der Waals surface area contributed by atoms with Crippen LogP contribution in [0.5, 0.6) is 11.5 Å². The summed E-state index contributed by atoms with van der Waals surface area (Å²) in [5.41, 5.74) is 3.28. The van der Waals surface area contributed by atoms with E-state index in [9.17, 15) is 18.3 Å². The number of rotatable bonds is 6. The lowest BCUT2D eigenvalue weighted by Crippen LogP contribution is -2.20. The first kappa shape index (κ1) is 21.6. The van der Waals surface area contributed by atoms with Crippen molar-refractivity contribution >= 4 is 44.6 Å². The molecule has 156 valence electrons. The average Bonchev–Trinajstić information content (AvgIpc) is 2.71. The first-order chi connectivity index (χ1) is 14.2. The molecule has 0 heterocycles. The SMILES string of the molecule is CC(C)S(=O)(=O)Oc1ccc(C=NNC(=O)c2ccc(O)c(Cl)c2)c2ccccc12. The molecule has 0 aliphatic rings. The Bertz CT molecular complexity index is 1240. The van der Waals surface area contributed by atoms with Crippen molar-refractivity contribution in [2.24, 2.45) is 5.10 Å². The van der Waals surface area contributed by atoms with Crippen LogP contribution < -0.4 is 9.61 Å². The quantitative estimate of drug-likeness (QED) is 0.337. The van der Waals surface area contributed by atoms with Gasteiger partial charge in [0.2, 0.25) is 0 Å². The van der Waals surface area contributed by atoms with E-state index in [1.165, 1.54) is 24.4 Å². The number of carbonyl (C=O) groups is 1. The largest absolute Gasteiger partial charge is 0.506 e. The molecule has 0 saturated heterocycles. The number of nitrogens with one attached hydrogen (secondary N) is 1. The van der Waals surface area contributed by atoms with Gasteiger partial charge in [-0.05, 0) is 49.6 Å². The molecule has 0 atom stereocenters. The predicted molar refractivity (Wildman–Crippen MR) is 117 cm³/mol. The third-order valence-corrected chi connectivity index (χ3v) is 6.15. The van der Waals surface area contributed by atoms with Gasteiger partial charge in [0.1, 0.15) is 11.5 Å². The van der Waals surface area contributed by atoms with Crippen molar-refractivity contribution in [3.05, 3.63) is 70.7 Å². The number of aromatic hydroxyl groups is 1. The summed E-state index contributed by atoms with van der Waals surface area (Å²) < 4.78 is 29.5. The number of hydrogen-bond acceptors (Lipinski definition) is 6. The molecule has 3 rings (SSSR count). The maximum atomic E-state index is 12.2. The van der Waals surface area contributed by atoms with Crippen LogP contribution in [0.15, 0.2) is 59.7 Å². The number of amides is 1. The second-order valence-electron chi connectivity index (χ2n) is 6.69. The first-order valence-electron chi connectivity index (χ1n) is 8.96. The Labute approximate surface area is 179 Å². The molecule has 9 heteroatoms. The summed E-state index contributed by atoms with van der Waals surface area (Å²) in [6.07, 6.45) is 1.45. The summed E-state index contributed by atoms with van der Waals surface area (Å²) in [5, 5.41) is 14.1. The van der Waals surface area contributed by atoms with E-state index in [0.29, 0.717) is 16.3 Å². The predicted octanol–water partition coefficient (Wildman–Crippen LogP) is 4.08. The normalized spacial score (nSPS) is 11.9. The van der Waals surface area contributed by atoms with E-state index >= 15 is 0 Å². The van der Waals surface area contributed by atoms with Gasteiger partial charge < -0.3 is 9.29 Å². The van der Waals surface area contributed by atoms with Crippen molar-refractivity contribution in [3.8, 4) is 11.5 Å². The second-order valence-corrected chi connectivity index (χ2v) is 9.19. The average molecular weight is 447 g/mol. The molecule has 0 bridgehead atoms. The van der Waals surface area contributed by atoms with Crippen LogP contribution in [0.3, 0.4) is 0 Å². The molecule has 2 N–H and O–H groups in total. The van der Waals surface area contributed by atoms with Crippen LogP contribution in [-0.4, -0.2) is 30.9 Å². The molecular weight excluding hydrogens is 428 g/mol. The van der Waals surface area contributed by atoms with Gasteiger partial charge in [-0.3, -0.25) is 4.79 Å². The second kappa shape index (κ2) is 8.73. The fraction of sp³-hybridized carbons (Fsp3) is 0.143. The molecule has 0 radical (unpaired) electrons. The first-order valence-corrected chi connectivity index (χ1v) is 10.8. The van der Waals surface area contributed by atoms with Crippen molar-refractivity contribution in [3.63, 3.8) is 0 Å². The van der Waals surface area contributed by atoms with Gasteiger partial charge in [0.05, 0.1) is 16.5 Å². The minimum atomic E-state index is -3.74. The van der Waals surface area contributed by atoms with E-state index in [4.69, 9.17) is 15.8 Å². The molecule has 0 aliphatic heterocycles. The van der Waals surface area contributed by atoms with Gasteiger partial charge in [0.15, 0.2) is 0 Å². The van der Waals surface area contributed by atoms with Crippen LogP contribution >= 0.6 is 11.6 Å². The van der Waals surface area contributed by atoms with Crippen LogP contribution in [-0.2, 0) is 10.1 Å². The maximum Gasteiger partial charge on any atom is 0.311 e. The summed E-state index contributed by atoms with van der Waals surface area (Å²) in [6, 6.07) is 14.4. The summed E-state index contributed by atoms with van der Waals surface area (Å²) in [6.45, 7) is 3.09. The van der Waals surface area contributed by atoms with Crippen molar-refractivity contribution in [2.75, 3.05) is 0 Å². The maximum absolute atomic E-state index is 12.2. The Morgan fingerprint density at radius 2 is 1.83 bits per heavy atom. The van der Waals surface area contributed by atoms with Crippen LogP contribution in [0.1, 0.15) is 29.8 Å². The van der Waals surface area contributed by atoms with Gasteiger partial charge in [-0.1, -0.05) is 35.9 Å². The number of fused-ring (bicyclic) bond motifs is 1. The number of benzene rings is 3. The molecule has 1 amide bonds. The number of hydrazone groups is 1. The van der Waals surface area contributed by atoms with Crippen molar-refractivity contribution in [1.29, 1.82) is 0 Å². The lowest BCUT2D eigenvalue weighted by atomic mass is 10.0. The Morgan fingerprint density at radius 3 is 2.50 bits per heavy atom. The van der Waals surface area contributed by atoms with Crippen molar-refractivity contribution < 1.29 is 22.5 Å². The van der Waals surface area contributed by atoms with E-state index in [1.807, 2.05) is 0 Å². The molecule has 0 aromatic heterocycles. The van der Waals surface area contributed by atoms with Crippen LogP contribution in [0, 0.1) is 0 Å². The van der Waals surface area contributed by atoms with E-state index in [2.05, 4.69) is 10.5 Å². The Hall–Kier alpha value is -3.10. The molecular formula is C21H19ClN2O5S. The number of halogens is 1. The highest BCUT2D eigenvalue weighted by atomic mass is 35.5. The standard InChI is InChI=1S/C21H19ClN2O5S/c1-13(2)30(27,28)29-20-10-8-15(16-5-3-4-6-17(16)20)12-23-24-21(26)14-7-9-19(25)18(22)11-14/h3-13,25H,1-2H3,(H,24,26). The number of nitrogens with zero attached hydrogens (tertiary/aromatic N) is 1. The fourth-order valence-electron chi connectivity index (χ4n) is 2.57. The third-order valence-electron chi connectivity index (χ3n) is 4.28. The molecule has 30 heavy (non-hydrogen) atoms. The lowest BCUT2D eigenvalue weighted by molar-refractivity contribution is 0.0955. The smallest absolute Gasteiger partial charge is 0.311 e. The monoisotopic (exact) mass is 446 g/mol. The van der Waals surface area contributed by atoms with E-state index in [0.717, 1.165) is 0 Å². The fourth-order valence-corrected chi connectivity index (χ4v) is 3.34. The summed E-state index contributed by atoms with van der Waals surface area (Å²) in [4.78, 5) is 12.2. The van der Waals surface area contributed by atoms with Crippen molar-refractivity contribution in [2.45, 2.75) is 19.1 Å². The minimum absolute atomic E-state index is 0.0598. The molecule has 0 saturated carbocycles. The summed E-state index contributed by atoms with van der Waals surface area (Å²) in [7, 11) is -3.74. The zero-order chi connectivity index (χ0) is 21.9. The number of phenols is 1. The summed E-state index contributed by atoms with van der Waals surface area (Å²) >= 11 is 5.81. The molecule has 3 aromatic carbocycles. The van der Waals surface area contributed by atoms with Gasteiger partial charge in [-0.15, -0.1) is 0 Å². The molecule has 7 nitrogen and oxygen atoms in total. The van der Waals surface area contributed by atoms with Gasteiger partial charge >= 0.3 is 10.1 Å². The zero-order valence-corrected chi connectivity index (χ0v) is 17.7. The molecule has 0 unspecified atom stereocenters. The highest BCUT2D eigenvalue weighted by Crippen LogP contribution is 2.29. The van der Waals surface area contributed by atoms with Gasteiger partial charge in [0.25, 0.3) is 5.91 Å².